The van der Waals surface area contributed by atoms with Gasteiger partial charge in [-0.2, -0.15) is 0 Å². The third kappa shape index (κ3) is 24.9. The Kier molecular flexibility index (Phi) is 29.6. The number of rotatable bonds is 34. The van der Waals surface area contributed by atoms with Crippen molar-refractivity contribution >= 4 is 35.6 Å². The topological polar surface area (TPSA) is 78.9 Å². The number of ether oxygens (including phenoxy) is 3. The molecular formula is C42H74GeO6. The normalized spacial score (nSPS) is 11.4. The second-order valence-corrected chi connectivity index (χ2v) is 24.1. The fourth-order valence-corrected chi connectivity index (χ4v) is 18.4. The summed E-state index contributed by atoms with van der Waals surface area (Å²) in [5.41, 5.74) is 0. The predicted octanol–water partition coefficient (Wildman–Crippen LogP) is 11.4. The number of hydrogen-bond acceptors (Lipinski definition) is 6. The van der Waals surface area contributed by atoms with Gasteiger partial charge in [0.05, 0.1) is 21.3 Å². The summed E-state index contributed by atoms with van der Waals surface area (Å²) in [7, 11) is 4.42. The molecule has 0 aliphatic rings. The van der Waals surface area contributed by atoms with Gasteiger partial charge in [0.2, 0.25) is 0 Å². The predicted molar refractivity (Wildman–Crippen MR) is 207 cm³/mol. The van der Waals surface area contributed by atoms with Crippen LogP contribution in [0.25, 0.3) is 0 Å². The van der Waals surface area contributed by atoms with Gasteiger partial charge in [-0.25, -0.2) is 0 Å². The van der Waals surface area contributed by atoms with Crippen LogP contribution in [0.3, 0.4) is 0 Å². The van der Waals surface area contributed by atoms with Gasteiger partial charge >= 0.3 is 284 Å². The van der Waals surface area contributed by atoms with E-state index in [4.69, 9.17) is 14.2 Å². The van der Waals surface area contributed by atoms with Crippen molar-refractivity contribution in [1.82, 2.24) is 0 Å². The summed E-state index contributed by atoms with van der Waals surface area (Å²) in [6, 6.07) is 11.7. The molecule has 0 aliphatic carbocycles. The molecule has 0 atom stereocenters. The Bertz CT molecular complexity index is 848. The van der Waals surface area contributed by atoms with E-state index in [9.17, 15) is 14.4 Å². The zero-order valence-electron chi connectivity index (χ0n) is 32.0. The molecule has 0 saturated carbocycles. The van der Waals surface area contributed by atoms with Crippen molar-refractivity contribution in [2.75, 3.05) is 21.3 Å². The molecule has 0 spiro atoms. The van der Waals surface area contributed by atoms with Crippen LogP contribution in [0.5, 0.6) is 0 Å². The number of hydrogen-bond donors (Lipinski definition) is 0. The maximum atomic E-state index is 11.3. The zero-order chi connectivity index (χ0) is 35.7. The summed E-state index contributed by atoms with van der Waals surface area (Å²) < 4.78 is 16.0. The van der Waals surface area contributed by atoms with Crippen LogP contribution in [0.4, 0.5) is 0 Å². The van der Waals surface area contributed by atoms with Crippen LogP contribution in [-0.2, 0) is 28.6 Å². The fourth-order valence-electron chi connectivity index (χ4n) is 7.29. The molecule has 1 aromatic carbocycles. The molecule has 0 fully saturated rings. The zero-order valence-corrected chi connectivity index (χ0v) is 34.1. The minimum absolute atomic E-state index is 0.0827. The van der Waals surface area contributed by atoms with Crippen LogP contribution in [0.15, 0.2) is 30.3 Å². The van der Waals surface area contributed by atoms with Gasteiger partial charge in [-0.15, -0.1) is 0 Å². The van der Waals surface area contributed by atoms with E-state index in [1.54, 1.807) is 4.40 Å². The van der Waals surface area contributed by atoms with Crippen LogP contribution in [0.1, 0.15) is 173 Å². The molecule has 0 saturated heterocycles. The van der Waals surface area contributed by atoms with Crippen molar-refractivity contribution in [1.29, 1.82) is 0 Å². The molecule has 0 N–H and O–H groups in total. The molecule has 49 heavy (non-hydrogen) atoms. The summed E-state index contributed by atoms with van der Waals surface area (Å²) in [6.45, 7) is 0. The van der Waals surface area contributed by atoms with Crippen molar-refractivity contribution in [2.45, 2.75) is 189 Å². The van der Waals surface area contributed by atoms with E-state index in [-0.39, 0.29) is 17.9 Å². The van der Waals surface area contributed by atoms with Gasteiger partial charge < -0.3 is 0 Å². The Morgan fingerprint density at radius 2 is 0.633 bits per heavy atom. The number of unbranched alkanes of at least 4 members (excludes halogenated alkanes) is 21. The van der Waals surface area contributed by atoms with Crippen LogP contribution in [0, 0.1) is 0 Å². The first-order valence-electron chi connectivity index (χ1n) is 20.2. The van der Waals surface area contributed by atoms with E-state index in [0.29, 0.717) is 19.3 Å². The molecule has 6 nitrogen and oxygen atoms in total. The summed E-state index contributed by atoms with van der Waals surface area (Å²) in [5.74, 6) is -0.248. The molecule has 1 rings (SSSR count). The van der Waals surface area contributed by atoms with Crippen LogP contribution in [-0.4, -0.2) is 52.5 Å². The minimum atomic E-state index is -2.26. The molecule has 0 aromatic heterocycles. The second kappa shape index (κ2) is 32.1. The Balaban J connectivity index is 2.56. The van der Waals surface area contributed by atoms with E-state index in [1.807, 2.05) is 0 Å². The second-order valence-electron chi connectivity index (χ2n) is 14.4. The van der Waals surface area contributed by atoms with Gasteiger partial charge in [0, 0.05) is 0 Å². The molecule has 0 bridgehead atoms. The average Bonchev–Trinajstić information content (AvgIpc) is 3.13. The summed E-state index contributed by atoms with van der Waals surface area (Å²) >= 11 is -2.26. The van der Waals surface area contributed by atoms with E-state index in [2.05, 4.69) is 30.3 Å². The van der Waals surface area contributed by atoms with Gasteiger partial charge in [0.1, 0.15) is 0 Å². The maximum absolute atomic E-state index is 11.3. The van der Waals surface area contributed by atoms with Crippen molar-refractivity contribution < 1.29 is 28.6 Å². The molecule has 0 aliphatic heterocycles. The number of methoxy groups -OCH3 is 3. The van der Waals surface area contributed by atoms with Crippen molar-refractivity contribution in [2.24, 2.45) is 0 Å². The van der Waals surface area contributed by atoms with Gasteiger partial charge in [0.15, 0.2) is 0 Å². The SMILES string of the molecule is COC(=O)CCCCCCCCC[CH2][Ge]([CH2]CCCCCCCCCC(=O)OC)([CH2]CCCCCCCCCC(=O)OC)[c]1ccccc1. The van der Waals surface area contributed by atoms with Gasteiger partial charge in [-0.3, -0.25) is 0 Å². The average molecular weight is 748 g/mol. The number of benzene rings is 1. The number of esters is 3. The van der Waals surface area contributed by atoms with Crippen LogP contribution in [0.2, 0.25) is 15.8 Å². The quantitative estimate of drug-likeness (QED) is 0.0302. The Morgan fingerprint density at radius 1 is 0.388 bits per heavy atom. The first-order valence-corrected chi connectivity index (χ1v) is 25.7. The molecule has 0 heterocycles. The molecular weight excluding hydrogens is 673 g/mol. The van der Waals surface area contributed by atoms with Crippen molar-refractivity contribution in [3.63, 3.8) is 0 Å². The Labute approximate surface area is 303 Å². The molecule has 0 radical (unpaired) electrons. The van der Waals surface area contributed by atoms with Crippen LogP contribution >= 0.6 is 0 Å². The summed E-state index contributed by atoms with van der Waals surface area (Å²) in [6.07, 6.45) is 31.6. The monoisotopic (exact) mass is 748 g/mol. The molecule has 0 amide bonds. The molecule has 0 unspecified atom stereocenters. The van der Waals surface area contributed by atoms with E-state index >= 15 is 0 Å². The van der Waals surface area contributed by atoms with Crippen molar-refractivity contribution in [3.05, 3.63) is 30.3 Å². The molecule has 7 heteroatoms. The number of carbonyl (C=O) groups excluding carboxylic acids is 3. The fraction of sp³-hybridized carbons (Fsp3) is 0.786. The van der Waals surface area contributed by atoms with E-state index < -0.39 is 13.3 Å². The Morgan fingerprint density at radius 3 is 0.898 bits per heavy atom. The first kappa shape index (κ1) is 45.2. The molecule has 1 aromatic rings. The number of carbonyl (C=O) groups is 3. The van der Waals surface area contributed by atoms with Gasteiger partial charge in [-0.1, -0.05) is 0 Å². The first-order chi connectivity index (χ1) is 24.0. The third-order valence-electron chi connectivity index (χ3n) is 10.4. The van der Waals surface area contributed by atoms with Crippen LogP contribution < -0.4 is 4.40 Å². The van der Waals surface area contributed by atoms with E-state index in [0.717, 1.165) is 38.5 Å². The summed E-state index contributed by atoms with van der Waals surface area (Å²) in [4.78, 5) is 34.0. The third-order valence-corrected chi connectivity index (χ3v) is 21.9. The van der Waals surface area contributed by atoms with Gasteiger partial charge in [-0.05, 0) is 0 Å². The van der Waals surface area contributed by atoms with E-state index in [1.165, 1.54) is 153 Å². The standard InChI is InChI=1S/C42H74GeO6/c1-47-40(44)33-25-16-10-4-7-13-19-28-36-43(39-31-23-22-24-32-39,37-29-20-14-8-5-11-17-26-34-41(45)48-2)38-30-21-15-9-6-12-18-27-35-42(46)49-3/h22-24,31-32H,4-21,25-30,33-38H2,1-3H3. The van der Waals surface area contributed by atoms with Crippen molar-refractivity contribution in [3.8, 4) is 0 Å². The van der Waals surface area contributed by atoms with Gasteiger partial charge in [0.25, 0.3) is 0 Å². The molecule has 282 valence electrons. The Hall–Kier alpha value is -1.83. The summed E-state index contributed by atoms with van der Waals surface area (Å²) in [5, 5.41) is 4.43.